The van der Waals surface area contributed by atoms with Crippen LogP contribution < -0.4 is 29.6 Å². The van der Waals surface area contributed by atoms with Crippen LogP contribution in [0.3, 0.4) is 0 Å². The van der Waals surface area contributed by atoms with E-state index >= 15 is 0 Å². The van der Waals surface area contributed by atoms with E-state index in [0.717, 1.165) is 5.56 Å². The van der Waals surface area contributed by atoms with Crippen LogP contribution in [-0.4, -0.2) is 40.7 Å². The number of nitrogens with zero attached hydrogens (tertiary/aromatic N) is 1. The molecule has 164 valence electrons. The standard InChI is InChI=1S/C20H24F3N3O4/c1-24-19(25-11-13-7-5-6-8-16(13)30-20(21,22)23)26-12-15-17(28-3)9-14(27-2)10-18(15)29-4/h5-10H,11-12H2,1-4H3,(H2,24,25,26). The average Bonchev–Trinajstić information content (AvgIpc) is 2.73. The highest BCUT2D eigenvalue weighted by Gasteiger charge is 2.31. The number of para-hydroxylation sites is 1. The quantitative estimate of drug-likeness (QED) is 0.497. The maximum atomic E-state index is 12.6. The van der Waals surface area contributed by atoms with Gasteiger partial charge in [-0.15, -0.1) is 13.2 Å². The van der Waals surface area contributed by atoms with Crippen LogP contribution in [0.2, 0.25) is 0 Å². The van der Waals surface area contributed by atoms with Crippen LogP contribution in [0.5, 0.6) is 23.0 Å². The van der Waals surface area contributed by atoms with E-state index in [4.69, 9.17) is 14.2 Å². The molecule has 0 bridgehead atoms. The summed E-state index contributed by atoms with van der Waals surface area (Å²) in [6.45, 7) is 0.361. The minimum absolute atomic E-state index is 0.0722. The maximum absolute atomic E-state index is 12.6. The van der Waals surface area contributed by atoms with E-state index < -0.39 is 6.36 Å². The molecule has 30 heavy (non-hydrogen) atoms. The zero-order valence-corrected chi connectivity index (χ0v) is 17.1. The van der Waals surface area contributed by atoms with Crippen molar-refractivity contribution in [2.24, 2.45) is 4.99 Å². The molecule has 2 aromatic rings. The lowest BCUT2D eigenvalue weighted by atomic mass is 10.1. The van der Waals surface area contributed by atoms with Crippen molar-refractivity contribution in [3.8, 4) is 23.0 Å². The van der Waals surface area contributed by atoms with Gasteiger partial charge in [-0.2, -0.15) is 0 Å². The van der Waals surface area contributed by atoms with E-state index in [1.54, 1.807) is 25.2 Å². The normalized spacial score (nSPS) is 11.6. The molecule has 0 aliphatic carbocycles. The zero-order chi connectivity index (χ0) is 22.1. The van der Waals surface area contributed by atoms with Gasteiger partial charge in [-0.25, -0.2) is 0 Å². The molecule has 7 nitrogen and oxygen atoms in total. The van der Waals surface area contributed by atoms with E-state index in [1.165, 1.54) is 39.5 Å². The fourth-order valence-corrected chi connectivity index (χ4v) is 2.70. The molecule has 0 saturated heterocycles. The minimum Gasteiger partial charge on any atom is -0.496 e. The summed E-state index contributed by atoms with van der Waals surface area (Å²) in [5, 5.41) is 6.05. The Labute approximate surface area is 172 Å². The first kappa shape index (κ1) is 23.0. The number of benzene rings is 2. The first-order valence-corrected chi connectivity index (χ1v) is 8.88. The molecule has 0 heterocycles. The van der Waals surface area contributed by atoms with Gasteiger partial charge in [-0.3, -0.25) is 4.99 Å². The SMILES string of the molecule is CN=C(NCc1ccccc1OC(F)(F)F)NCc1c(OC)cc(OC)cc1OC. The summed E-state index contributed by atoms with van der Waals surface area (Å²) in [5.74, 6) is 1.79. The lowest BCUT2D eigenvalue weighted by Crippen LogP contribution is -2.36. The van der Waals surface area contributed by atoms with Gasteiger partial charge < -0.3 is 29.6 Å². The Morgan fingerprint density at radius 3 is 2.03 bits per heavy atom. The summed E-state index contributed by atoms with van der Waals surface area (Å²) in [7, 11) is 6.15. The van der Waals surface area contributed by atoms with Gasteiger partial charge in [0.2, 0.25) is 0 Å². The third-order valence-electron chi connectivity index (χ3n) is 4.12. The Morgan fingerprint density at radius 2 is 1.50 bits per heavy atom. The number of hydrogen-bond acceptors (Lipinski definition) is 5. The Bertz CT molecular complexity index is 848. The molecule has 0 radical (unpaired) electrons. The van der Waals surface area contributed by atoms with Crippen molar-refractivity contribution in [3.63, 3.8) is 0 Å². The Balaban J connectivity index is 2.09. The number of alkyl halides is 3. The van der Waals surface area contributed by atoms with Crippen molar-refractivity contribution in [2.45, 2.75) is 19.5 Å². The lowest BCUT2D eigenvalue weighted by molar-refractivity contribution is -0.274. The highest BCUT2D eigenvalue weighted by Crippen LogP contribution is 2.34. The van der Waals surface area contributed by atoms with Crippen molar-refractivity contribution in [1.82, 2.24) is 10.6 Å². The summed E-state index contributed by atoms with van der Waals surface area (Å²) < 4.78 is 57.8. The molecule has 2 N–H and O–H groups in total. The molecule has 0 atom stereocenters. The second-order valence-corrected chi connectivity index (χ2v) is 5.95. The average molecular weight is 427 g/mol. The third kappa shape index (κ3) is 6.36. The second-order valence-electron chi connectivity index (χ2n) is 5.95. The van der Waals surface area contributed by atoms with Crippen LogP contribution >= 0.6 is 0 Å². The van der Waals surface area contributed by atoms with Crippen molar-refractivity contribution in [1.29, 1.82) is 0 Å². The van der Waals surface area contributed by atoms with Crippen molar-refractivity contribution in [2.75, 3.05) is 28.4 Å². The highest BCUT2D eigenvalue weighted by atomic mass is 19.4. The second kappa shape index (κ2) is 10.5. The van der Waals surface area contributed by atoms with Crippen molar-refractivity contribution < 1.29 is 32.1 Å². The van der Waals surface area contributed by atoms with Crippen molar-refractivity contribution in [3.05, 3.63) is 47.5 Å². The van der Waals surface area contributed by atoms with E-state index in [2.05, 4.69) is 20.4 Å². The van der Waals surface area contributed by atoms with Gasteiger partial charge in [-0.05, 0) is 6.07 Å². The molecule has 10 heteroatoms. The van der Waals surface area contributed by atoms with Gasteiger partial charge in [0, 0.05) is 31.3 Å². The molecule has 2 rings (SSSR count). The third-order valence-corrected chi connectivity index (χ3v) is 4.12. The lowest BCUT2D eigenvalue weighted by Gasteiger charge is -2.18. The van der Waals surface area contributed by atoms with Gasteiger partial charge in [-0.1, -0.05) is 18.2 Å². The number of ether oxygens (including phenoxy) is 4. The molecule has 2 aromatic carbocycles. The van der Waals surface area contributed by atoms with Gasteiger partial charge in [0.05, 0.1) is 33.4 Å². The molecular weight excluding hydrogens is 403 g/mol. The van der Waals surface area contributed by atoms with Crippen molar-refractivity contribution >= 4 is 5.96 Å². The number of rotatable bonds is 8. The molecule has 0 fully saturated rings. The fraction of sp³-hybridized carbons (Fsp3) is 0.350. The van der Waals surface area contributed by atoms with Gasteiger partial charge in [0.15, 0.2) is 5.96 Å². The van der Waals surface area contributed by atoms with Crippen LogP contribution in [0.1, 0.15) is 11.1 Å². The number of aliphatic imine (C=N–C) groups is 1. The number of nitrogens with one attached hydrogen (secondary N) is 2. The summed E-state index contributed by atoms with van der Waals surface area (Å²) in [6, 6.07) is 9.34. The Hall–Kier alpha value is -3.30. The van der Waals surface area contributed by atoms with Gasteiger partial charge >= 0.3 is 6.36 Å². The highest BCUT2D eigenvalue weighted by molar-refractivity contribution is 5.79. The van der Waals surface area contributed by atoms with E-state index in [0.29, 0.717) is 28.8 Å². The predicted molar refractivity (Wildman–Crippen MR) is 106 cm³/mol. The smallest absolute Gasteiger partial charge is 0.496 e. The first-order valence-electron chi connectivity index (χ1n) is 8.88. The topological polar surface area (TPSA) is 73.3 Å². The maximum Gasteiger partial charge on any atom is 0.573 e. The number of methoxy groups -OCH3 is 3. The van der Waals surface area contributed by atoms with E-state index in [9.17, 15) is 13.2 Å². The summed E-state index contributed by atoms with van der Waals surface area (Å²) in [6.07, 6.45) is -4.77. The summed E-state index contributed by atoms with van der Waals surface area (Å²) >= 11 is 0. The van der Waals surface area contributed by atoms with E-state index in [1.807, 2.05) is 0 Å². The molecule has 0 spiro atoms. The van der Waals surface area contributed by atoms with Gasteiger partial charge in [0.1, 0.15) is 23.0 Å². The Kier molecular flexibility index (Phi) is 8.02. The molecular formula is C20H24F3N3O4. The first-order chi connectivity index (χ1) is 14.3. The molecule has 0 aromatic heterocycles. The monoisotopic (exact) mass is 427 g/mol. The molecule has 0 saturated carbocycles. The molecule has 0 amide bonds. The van der Waals surface area contributed by atoms with Gasteiger partial charge in [0.25, 0.3) is 0 Å². The van der Waals surface area contributed by atoms with Crippen LogP contribution in [-0.2, 0) is 13.1 Å². The fourth-order valence-electron chi connectivity index (χ4n) is 2.70. The molecule has 0 unspecified atom stereocenters. The van der Waals surface area contributed by atoms with Crippen LogP contribution in [0.4, 0.5) is 13.2 Å². The molecule has 0 aliphatic rings. The van der Waals surface area contributed by atoms with E-state index in [-0.39, 0.29) is 18.8 Å². The summed E-state index contributed by atoms with van der Waals surface area (Å²) in [4.78, 5) is 4.09. The number of hydrogen-bond donors (Lipinski definition) is 2. The Morgan fingerprint density at radius 1 is 0.900 bits per heavy atom. The largest absolute Gasteiger partial charge is 0.573 e. The zero-order valence-electron chi connectivity index (χ0n) is 17.1. The minimum atomic E-state index is -4.77. The summed E-state index contributed by atoms with van der Waals surface area (Å²) in [5.41, 5.74) is 1.06. The van der Waals surface area contributed by atoms with Crippen LogP contribution in [0.15, 0.2) is 41.4 Å². The van der Waals surface area contributed by atoms with Crippen LogP contribution in [0.25, 0.3) is 0 Å². The number of guanidine groups is 1. The van der Waals surface area contributed by atoms with Crippen LogP contribution in [0, 0.1) is 0 Å². The molecule has 0 aliphatic heterocycles. The predicted octanol–water partition coefficient (Wildman–Crippen LogP) is 3.48. The number of halogens is 3.